The van der Waals surface area contributed by atoms with E-state index < -0.39 is 0 Å². The van der Waals surface area contributed by atoms with Crippen molar-refractivity contribution >= 4 is 16.6 Å². The van der Waals surface area contributed by atoms with Crippen LogP contribution in [0.3, 0.4) is 0 Å². The highest BCUT2D eigenvalue weighted by Crippen LogP contribution is 2.18. The van der Waals surface area contributed by atoms with E-state index in [4.69, 9.17) is 0 Å². The molecule has 0 unspecified atom stereocenters. The fourth-order valence-electron chi connectivity index (χ4n) is 2.27. The molecule has 0 spiro atoms. The Balaban J connectivity index is 1.76. The molecule has 3 rings (SSSR count). The van der Waals surface area contributed by atoms with Crippen LogP contribution in [0.1, 0.15) is 12.6 Å². The number of hydrogen-bond donors (Lipinski definition) is 2. The normalized spacial score (nSPS) is 10.9. The Morgan fingerprint density at radius 1 is 1.22 bits per heavy atom. The molecule has 0 amide bonds. The lowest BCUT2D eigenvalue weighted by Gasteiger charge is -2.09. The number of fused-ring (bicyclic) bond motifs is 1. The van der Waals surface area contributed by atoms with Crippen molar-refractivity contribution in [2.24, 2.45) is 0 Å². The molecule has 1 aromatic carbocycles. The average molecular weight is 239 g/mol. The lowest BCUT2D eigenvalue weighted by molar-refractivity contribution is 0.724. The van der Waals surface area contributed by atoms with Crippen LogP contribution in [0.15, 0.2) is 48.8 Å². The third-order valence-corrected chi connectivity index (χ3v) is 3.29. The Morgan fingerprint density at radius 3 is 3.06 bits per heavy atom. The molecular weight excluding hydrogens is 222 g/mol. The molecule has 3 aromatic rings. The van der Waals surface area contributed by atoms with Gasteiger partial charge in [-0.1, -0.05) is 0 Å². The van der Waals surface area contributed by atoms with E-state index in [1.165, 1.54) is 16.6 Å². The molecule has 0 atom stereocenters. The molecule has 0 saturated carbocycles. The zero-order chi connectivity index (χ0) is 12.4. The summed E-state index contributed by atoms with van der Waals surface area (Å²) in [7, 11) is 0. The van der Waals surface area contributed by atoms with E-state index in [1.807, 2.05) is 6.20 Å². The van der Waals surface area contributed by atoms with Gasteiger partial charge in [0, 0.05) is 41.2 Å². The van der Waals surface area contributed by atoms with E-state index in [-0.39, 0.29) is 0 Å². The predicted molar refractivity (Wildman–Crippen MR) is 75.7 cm³/mol. The number of nitrogens with zero attached hydrogens (tertiary/aromatic N) is 1. The number of rotatable bonds is 4. The molecule has 0 aliphatic carbocycles. The Hall–Kier alpha value is -2.16. The van der Waals surface area contributed by atoms with Gasteiger partial charge < -0.3 is 14.9 Å². The van der Waals surface area contributed by atoms with Gasteiger partial charge in [-0.2, -0.15) is 0 Å². The first kappa shape index (κ1) is 11.0. The minimum atomic E-state index is 0.858. The van der Waals surface area contributed by atoms with Gasteiger partial charge in [-0.15, -0.1) is 0 Å². The highest BCUT2D eigenvalue weighted by molar-refractivity contribution is 5.82. The summed E-state index contributed by atoms with van der Waals surface area (Å²) in [5.41, 5.74) is 3.65. The number of H-pyrrole nitrogens is 1. The fraction of sp³-hybridized carbons (Fsp3) is 0.200. The molecule has 18 heavy (non-hydrogen) atoms. The third kappa shape index (κ3) is 1.99. The second-order valence-electron chi connectivity index (χ2n) is 4.42. The van der Waals surface area contributed by atoms with Gasteiger partial charge in [0.25, 0.3) is 0 Å². The van der Waals surface area contributed by atoms with Crippen molar-refractivity contribution in [3.05, 3.63) is 54.5 Å². The smallest absolute Gasteiger partial charge is 0.0553 e. The predicted octanol–water partition coefficient (Wildman–Crippen LogP) is 3.60. The first-order valence-corrected chi connectivity index (χ1v) is 6.32. The number of benzene rings is 1. The summed E-state index contributed by atoms with van der Waals surface area (Å²) < 4.78 is 2.25. The maximum Gasteiger partial charge on any atom is 0.0553 e. The highest BCUT2D eigenvalue weighted by Gasteiger charge is 2.00. The topological polar surface area (TPSA) is 32.8 Å². The summed E-state index contributed by atoms with van der Waals surface area (Å²) in [6.07, 6.45) is 4.09. The summed E-state index contributed by atoms with van der Waals surface area (Å²) >= 11 is 0. The van der Waals surface area contributed by atoms with Crippen molar-refractivity contribution < 1.29 is 0 Å². The Bertz CT molecular complexity index is 648. The van der Waals surface area contributed by atoms with Crippen molar-refractivity contribution in [1.82, 2.24) is 9.55 Å². The lowest BCUT2D eigenvalue weighted by atomic mass is 10.2. The third-order valence-electron chi connectivity index (χ3n) is 3.29. The second kappa shape index (κ2) is 4.61. The number of nitrogens with one attached hydrogen (secondary N) is 2. The van der Waals surface area contributed by atoms with E-state index in [2.05, 4.69) is 64.4 Å². The Morgan fingerprint density at radius 2 is 2.17 bits per heavy atom. The molecule has 3 nitrogen and oxygen atoms in total. The van der Waals surface area contributed by atoms with Gasteiger partial charge >= 0.3 is 0 Å². The molecule has 0 fully saturated rings. The monoisotopic (exact) mass is 239 g/mol. The van der Waals surface area contributed by atoms with Crippen LogP contribution >= 0.6 is 0 Å². The van der Waals surface area contributed by atoms with Crippen LogP contribution in [-0.4, -0.2) is 9.55 Å². The number of aryl methyl sites for hydroxylation is 1. The first-order chi connectivity index (χ1) is 8.86. The number of aromatic nitrogens is 2. The summed E-state index contributed by atoms with van der Waals surface area (Å²) in [6, 6.07) is 12.7. The van der Waals surface area contributed by atoms with Gasteiger partial charge in [-0.25, -0.2) is 0 Å². The molecular formula is C15H17N3. The molecule has 0 aliphatic rings. The van der Waals surface area contributed by atoms with E-state index in [9.17, 15) is 0 Å². The fourth-order valence-corrected chi connectivity index (χ4v) is 2.27. The minimum Gasteiger partial charge on any atom is -0.379 e. The largest absolute Gasteiger partial charge is 0.379 e. The minimum absolute atomic E-state index is 0.858. The maximum absolute atomic E-state index is 3.47. The van der Waals surface area contributed by atoms with Gasteiger partial charge in [0.2, 0.25) is 0 Å². The lowest BCUT2D eigenvalue weighted by Crippen LogP contribution is -2.05. The zero-order valence-electron chi connectivity index (χ0n) is 10.5. The number of anilines is 1. The Labute approximate surface area is 106 Å². The summed E-state index contributed by atoms with van der Waals surface area (Å²) in [5, 5.41) is 4.71. The van der Waals surface area contributed by atoms with E-state index in [0.717, 1.165) is 18.8 Å². The molecule has 2 heterocycles. The maximum atomic E-state index is 3.47. The van der Waals surface area contributed by atoms with Crippen molar-refractivity contribution in [2.45, 2.75) is 20.0 Å². The molecule has 0 bridgehead atoms. The second-order valence-corrected chi connectivity index (χ2v) is 4.42. The summed E-state index contributed by atoms with van der Waals surface area (Å²) in [4.78, 5) is 3.20. The van der Waals surface area contributed by atoms with Crippen LogP contribution in [-0.2, 0) is 13.1 Å². The Kier molecular flexibility index (Phi) is 2.81. The molecule has 0 radical (unpaired) electrons. The quantitative estimate of drug-likeness (QED) is 0.716. The molecule has 92 valence electrons. The summed E-state index contributed by atoms with van der Waals surface area (Å²) in [6.45, 7) is 4.03. The summed E-state index contributed by atoms with van der Waals surface area (Å²) in [5.74, 6) is 0. The number of aromatic amines is 1. The number of hydrogen-bond acceptors (Lipinski definition) is 1. The van der Waals surface area contributed by atoms with Crippen LogP contribution in [0.5, 0.6) is 0 Å². The van der Waals surface area contributed by atoms with Gasteiger partial charge in [-0.05, 0) is 43.3 Å². The van der Waals surface area contributed by atoms with Crippen molar-refractivity contribution in [3.63, 3.8) is 0 Å². The molecule has 0 aliphatic heterocycles. The van der Waals surface area contributed by atoms with Gasteiger partial charge in [0.1, 0.15) is 0 Å². The molecule has 3 heteroatoms. The van der Waals surface area contributed by atoms with E-state index in [0.29, 0.717) is 0 Å². The van der Waals surface area contributed by atoms with Crippen LogP contribution in [0.25, 0.3) is 10.9 Å². The zero-order valence-corrected chi connectivity index (χ0v) is 10.5. The molecule has 0 saturated heterocycles. The van der Waals surface area contributed by atoms with Gasteiger partial charge in [-0.3, -0.25) is 0 Å². The molecule has 2 N–H and O–H groups in total. The van der Waals surface area contributed by atoms with Crippen LogP contribution in [0.2, 0.25) is 0 Å². The van der Waals surface area contributed by atoms with E-state index >= 15 is 0 Å². The van der Waals surface area contributed by atoms with Crippen LogP contribution in [0.4, 0.5) is 5.69 Å². The van der Waals surface area contributed by atoms with Crippen molar-refractivity contribution in [3.8, 4) is 0 Å². The van der Waals surface area contributed by atoms with E-state index in [1.54, 1.807) is 0 Å². The SMILES string of the molecule is CCn1cccc1CNc1ccc2[nH]ccc2c1. The van der Waals surface area contributed by atoms with Crippen molar-refractivity contribution in [2.75, 3.05) is 5.32 Å². The van der Waals surface area contributed by atoms with Crippen LogP contribution in [0, 0.1) is 0 Å². The van der Waals surface area contributed by atoms with Crippen LogP contribution < -0.4 is 5.32 Å². The first-order valence-electron chi connectivity index (χ1n) is 6.32. The average Bonchev–Trinajstić information content (AvgIpc) is 3.04. The molecule has 2 aromatic heterocycles. The van der Waals surface area contributed by atoms with Gasteiger partial charge in [0.15, 0.2) is 0 Å². The highest BCUT2D eigenvalue weighted by atomic mass is 15.0. The standard InChI is InChI=1S/C15H17N3/c1-2-18-9-3-4-14(18)11-17-13-5-6-15-12(10-13)7-8-16-15/h3-10,16-17H,2,11H2,1H3. The van der Waals surface area contributed by atoms with Gasteiger partial charge in [0.05, 0.1) is 6.54 Å². The van der Waals surface area contributed by atoms with Crippen molar-refractivity contribution in [1.29, 1.82) is 0 Å².